The minimum absolute atomic E-state index is 0.0839. The maximum absolute atomic E-state index is 11.1. The van der Waals surface area contributed by atoms with E-state index in [2.05, 4.69) is 15.9 Å². The van der Waals surface area contributed by atoms with Gasteiger partial charge in [0.15, 0.2) is 6.29 Å². The summed E-state index contributed by atoms with van der Waals surface area (Å²) in [6, 6.07) is 9.31. The number of nitro benzene ring substituents is 1. The highest BCUT2D eigenvalue weighted by Crippen LogP contribution is 2.43. The van der Waals surface area contributed by atoms with Gasteiger partial charge in [-0.15, -0.1) is 0 Å². The van der Waals surface area contributed by atoms with Gasteiger partial charge in [0, 0.05) is 0 Å². The van der Waals surface area contributed by atoms with Gasteiger partial charge in [-0.3, -0.25) is 14.9 Å². The average Bonchev–Trinajstić information content (AvgIpc) is 2.43. The molecule has 2 aromatic rings. The summed E-state index contributed by atoms with van der Waals surface area (Å²) in [6.07, 6.45) is 0.604. The predicted molar refractivity (Wildman–Crippen MR) is 77.7 cm³/mol. The predicted octanol–water partition coefficient (Wildman–Crippen LogP) is 4.62. The van der Waals surface area contributed by atoms with Crippen LogP contribution in [0.1, 0.15) is 10.4 Å². The van der Waals surface area contributed by atoms with Gasteiger partial charge in [-0.25, -0.2) is 0 Å². The fourth-order valence-corrected chi connectivity index (χ4v) is 2.22. The molecule has 0 saturated heterocycles. The summed E-state index contributed by atoms with van der Waals surface area (Å²) in [5.41, 5.74) is -0.0176. The molecular weight excluding hydrogens is 350 g/mol. The van der Waals surface area contributed by atoms with Crippen LogP contribution in [0.15, 0.2) is 40.9 Å². The van der Waals surface area contributed by atoms with Crippen molar-refractivity contribution in [3.8, 4) is 11.5 Å². The van der Waals surface area contributed by atoms with E-state index in [9.17, 15) is 14.9 Å². The second kappa shape index (κ2) is 6.02. The number of hydrogen-bond acceptors (Lipinski definition) is 4. The molecule has 102 valence electrons. The second-order valence-electron chi connectivity index (χ2n) is 3.72. The molecule has 2 rings (SSSR count). The molecule has 2 aromatic carbocycles. The second-order valence-corrected chi connectivity index (χ2v) is 4.98. The summed E-state index contributed by atoms with van der Waals surface area (Å²) in [5, 5.41) is 11.2. The van der Waals surface area contributed by atoms with Gasteiger partial charge in [0.25, 0.3) is 0 Å². The molecule has 20 heavy (non-hydrogen) atoms. The Balaban J connectivity index is 2.56. The fourth-order valence-electron chi connectivity index (χ4n) is 1.57. The average molecular weight is 357 g/mol. The molecule has 0 saturated carbocycles. The van der Waals surface area contributed by atoms with Crippen LogP contribution in [0.5, 0.6) is 11.5 Å². The van der Waals surface area contributed by atoms with E-state index in [0.29, 0.717) is 6.29 Å². The zero-order valence-corrected chi connectivity index (χ0v) is 12.2. The lowest BCUT2D eigenvalue weighted by Crippen LogP contribution is -1.97. The maximum atomic E-state index is 11.1. The minimum Gasteiger partial charge on any atom is -0.448 e. The van der Waals surface area contributed by atoms with Crippen molar-refractivity contribution in [2.75, 3.05) is 0 Å². The summed E-state index contributed by atoms with van der Waals surface area (Å²) in [7, 11) is 0. The largest absolute Gasteiger partial charge is 0.448 e. The highest BCUT2D eigenvalue weighted by atomic mass is 79.9. The Bertz CT molecular complexity index is 690. The van der Waals surface area contributed by atoms with Crippen molar-refractivity contribution in [3.05, 3.63) is 61.6 Å². The summed E-state index contributed by atoms with van der Waals surface area (Å²) in [4.78, 5) is 21.4. The summed E-state index contributed by atoms with van der Waals surface area (Å²) >= 11 is 9.03. The van der Waals surface area contributed by atoms with Crippen molar-refractivity contribution in [1.29, 1.82) is 0 Å². The number of nitro groups is 1. The van der Waals surface area contributed by atoms with Crippen LogP contribution in [-0.4, -0.2) is 11.2 Å². The van der Waals surface area contributed by atoms with Crippen molar-refractivity contribution in [2.24, 2.45) is 0 Å². The molecule has 0 N–H and O–H groups in total. The third-order valence-electron chi connectivity index (χ3n) is 2.47. The zero-order chi connectivity index (χ0) is 14.7. The van der Waals surface area contributed by atoms with Crippen LogP contribution >= 0.6 is 27.5 Å². The number of ether oxygens (including phenoxy) is 1. The van der Waals surface area contributed by atoms with E-state index in [1.165, 1.54) is 18.2 Å². The van der Waals surface area contributed by atoms with Gasteiger partial charge in [-0.05, 0) is 40.2 Å². The normalized spacial score (nSPS) is 10.1. The Labute approximate surface area is 127 Å². The molecule has 0 spiro atoms. The lowest BCUT2D eigenvalue weighted by Gasteiger charge is -2.10. The number of carbonyl (C=O) groups is 1. The molecule has 0 bridgehead atoms. The van der Waals surface area contributed by atoms with Gasteiger partial charge in [0.05, 0.1) is 20.0 Å². The smallest absolute Gasteiger partial charge is 0.327 e. The molecular formula is C13H7BrClNO4. The van der Waals surface area contributed by atoms with Crippen molar-refractivity contribution in [1.82, 2.24) is 0 Å². The van der Waals surface area contributed by atoms with Gasteiger partial charge in [-0.1, -0.05) is 23.7 Å². The van der Waals surface area contributed by atoms with E-state index in [4.69, 9.17) is 16.3 Å². The Kier molecular flexibility index (Phi) is 4.36. The SMILES string of the molecule is O=Cc1ccccc1Oc1c(Cl)ccc(Br)c1[N+](=O)[O-]. The molecule has 0 radical (unpaired) electrons. The van der Waals surface area contributed by atoms with Crippen LogP contribution in [0, 0.1) is 10.1 Å². The third kappa shape index (κ3) is 2.81. The molecule has 5 nitrogen and oxygen atoms in total. The number of rotatable bonds is 4. The van der Waals surface area contributed by atoms with Gasteiger partial charge in [0.1, 0.15) is 5.75 Å². The monoisotopic (exact) mass is 355 g/mol. The third-order valence-corrected chi connectivity index (χ3v) is 3.41. The lowest BCUT2D eigenvalue weighted by atomic mass is 10.2. The molecule has 0 fully saturated rings. The molecule has 0 aliphatic heterocycles. The summed E-state index contributed by atoms with van der Waals surface area (Å²) < 4.78 is 5.71. The molecule has 0 heterocycles. The van der Waals surface area contributed by atoms with E-state index >= 15 is 0 Å². The number of carbonyl (C=O) groups excluding carboxylic acids is 1. The molecule has 0 aliphatic rings. The standard InChI is InChI=1S/C13H7BrClNO4/c14-9-5-6-10(15)13(12(9)16(18)19)20-11-4-2-1-3-8(11)7-17/h1-7H. The Hall–Kier alpha value is -1.92. The molecule has 7 heteroatoms. The number of para-hydroxylation sites is 1. The van der Waals surface area contributed by atoms with Gasteiger partial charge in [0.2, 0.25) is 5.75 Å². The molecule has 0 atom stereocenters. The first-order valence-corrected chi connectivity index (χ1v) is 6.56. The first kappa shape index (κ1) is 14.5. The number of hydrogen-bond donors (Lipinski definition) is 0. The highest BCUT2D eigenvalue weighted by molar-refractivity contribution is 9.10. The molecule has 0 amide bonds. The van der Waals surface area contributed by atoms with Crippen molar-refractivity contribution < 1.29 is 14.5 Å². The Morgan fingerprint density at radius 1 is 1.25 bits per heavy atom. The Morgan fingerprint density at radius 3 is 2.60 bits per heavy atom. The van der Waals surface area contributed by atoms with E-state index in [1.54, 1.807) is 18.2 Å². The van der Waals surface area contributed by atoms with Crippen LogP contribution in [0.3, 0.4) is 0 Å². The molecule has 0 aromatic heterocycles. The topological polar surface area (TPSA) is 69.4 Å². The number of halogens is 2. The molecule has 0 unspecified atom stereocenters. The van der Waals surface area contributed by atoms with Crippen LogP contribution in [0.2, 0.25) is 5.02 Å². The van der Waals surface area contributed by atoms with Gasteiger partial charge < -0.3 is 4.74 Å². The van der Waals surface area contributed by atoms with Crippen LogP contribution in [0.25, 0.3) is 0 Å². The fraction of sp³-hybridized carbons (Fsp3) is 0. The van der Waals surface area contributed by atoms with Crippen molar-refractivity contribution >= 4 is 39.5 Å². The molecule has 0 aliphatic carbocycles. The first-order valence-electron chi connectivity index (χ1n) is 5.39. The maximum Gasteiger partial charge on any atom is 0.327 e. The highest BCUT2D eigenvalue weighted by Gasteiger charge is 2.24. The van der Waals surface area contributed by atoms with E-state index in [-0.39, 0.29) is 32.2 Å². The van der Waals surface area contributed by atoms with Gasteiger partial charge >= 0.3 is 5.69 Å². The quantitative estimate of drug-likeness (QED) is 0.455. The van der Waals surface area contributed by atoms with Crippen LogP contribution in [0.4, 0.5) is 5.69 Å². The number of aldehydes is 1. The summed E-state index contributed by atoms with van der Waals surface area (Å²) in [6.45, 7) is 0. The van der Waals surface area contributed by atoms with E-state index in [0.717, 1.165) is 0 Å². The van der Waals surface area contributed by atoms with Crippen LogP contribution in [-0.2, 0) is 0 Å². The summed E-state index contributed by atoms with van der Waals surface area (Å²) in [5.74, 6) is 0.0888. The van der Waals surface area contributed by atoms with E-state index in [1.807, 2.05) is 0 Å². The first-order chi connectivity index (χ1) is 9.54. The Morgan fingerprint density at radius 2 is 1.95 bits per heavy atom. The van der Waals surface area contributed by atoms with Crippen LogP contribution < -0.4 is 4.74 Å². The van der Waals surface area contributed by atoms with Crippen molar-refractivity contribution in [3.63, 3.8) is 0 Å². The van der Waals surface area contributed by atoms with E-state index < -0.39 is 4.92 Å². The number of benzene rings is 2. The van der Waals surface area contributed by atoms with Gasteiger partial charge in [-0.2, -0.15) is 0 Å². The minimum atomic E-state index is -0.602. The number of nitrogens with zero attached hydrogens (tertiary/aromatic N) is 1. The zero-order valence-electron chi connectivity index (χ0n) is 9.88. The van der Waals surface area contributed by atoms with Crippen molar-refractivity contribution in [2.45, 2.75) is 0 Å². The lowest BCUT2D eigenvalue weighted by molar-refractivity contribution is -0.386.